The van der Waals surface area contributed by atoms with Crippen LogP contribution in [0, 0.1) is 5.82 Å². The number of anilines is 1. The van der Waals surface area contributed by atoms with Crippen molar-refractivity contribution >= 4 is 5.69 Å². The summed E-state index contributed by atoms with van der Waals surface area (Å²) in [7, 11) is 1.66. The summed E-state index contributed by atoms with van der Waals surface area (Å²) in [4.78, 5) is 4.65. The number of hydrogen-bond donors (Lipinski definition) is 0. The van der Waals surface area contributed by atoms with Gasteiger partial charge >= 0.3 is 0 Å². The Morgan fingerprint density at radius 1 is 1.00 bits per heavy atom. The van der Waals surface area contributed by atoms with Crippen molar-refractivity contribution in [2.24, 2.45) is 0 Å². The van der Waals surface area contributed by atoms with Gasteiger partial charge in [0.25, 0.3) is 0 Å². The van der Waals surface area contributed by atoms with Gasteiger partial charge in [0.2, 0.25) is 0 Å². The molecule has 2 aromatic heterocycles. The summed E-state index contributed by atoms with van der Waals surface area (Å²) in [5.74, 6) is 2.12. The van der Waals surface area contributed by atoms with E-state index in [-0.39, 0.29) is 11.9 Å². The molecule has 1 aliphatic rings. The summed E-state index contributed by atoms with van der Waals surface area (Å²) in [5, 5.41) is 12.6. The maximum absolute atomic E-state index is 13.3. The molecule has 1 atom stereocenters. The molecule has 1 saturated heterocycles. The van der Waals surface area contributed by atoms with Gasteiger partial charge in [-0.3, -0.25) is 4.90 Å². The summed E-state index contributed by atoms with van der Waals surface area (Å²) < 4.78 is 26.0. The Balaban J connectivity index is 1.41. The van der Waals surface area contributed by atoms with Crippen LogP contribution in [0.5, 0.6) is 5.75 Å². The van der Waals surface area contributed by atoms with Gasteiger partial charge in [0, 0.05) is 31.9 Å². The van der Waals surface area contributed by atoms with Crippen molar-refractivity contribution in [2.75, 3.05) is 38.2 Å². The molecule has 1 aliphatic heterocycles. The average molecular weight is 449 g/mol. The SMILES string of the molecule is COc1ccc([C@@H](c2nnnn2Cc2ccco2)N2CCN(c3ccc(F)cc3)CC2)cc1. The van der Waals surface area contributed by atoms with Crippen LogP contribution in [0.15, 0.2) is 71.3 Å². The van der Waals surface area contributed by atoms with Crippen LogP contribution < -0.4 is 9.64 Å². The molecule has 5 rings (SSSR count). The van der Waals surface area contributed by atoms with Crippen LogP contribution in [0.3, 0.4) is 0 Å². The Kier molecular flexibility index (Phi) is 6.03. The van der Waals surface area contributed by atoms with Gasteiger partial charge in [-0.25, -0.2) is 9.07 Å². The lowest BCUT2D eigenvalue weighted by atomic mass is 10.0. The molecule has 0 amide bonds. The smallest absolute Gasteiger partial charge is 0.173 e. The average Bonchev–Trinajstić information content (AvgIpc) is 3.54. The minimum absolute atomic E-state index is 0.128. The van der Waals surface area contributed by atoms with Crippen molar-refractivity contribution in [1.29, 1.82) is 0 Å². The van der Waals surface area contributed by atoms with Crippen LogP contribution in [0.1, 0.15) is 23.2 Å². The normalized spacial score (nSPS) is 15.5. The first kappa shape index (κ1) is 21.1. The quantitative estimate of drug-likeness (QED) is 0.429. The molecule has 0 spiro atoms. The number of ether oxygens (including phenoxy) is 1. The predicted octanol–water partition coefficient (Wildman–Crippen LogP) is 3.37. The van der Waals surface area contributed by atoms with Crippen LogP contribution in [0.4, 0.5) is 10.1 Å². The Labute approximate surface area is 191 Å². The maximum Gasteiger partial charge on any atom is 0.173 e. The molecule has 2 aromatic carbocycles. The lowest BCUT2D eigenvalue weighted by Gasteiger charge is -2.39. The van der Waals surface area contributed by atoms with Gasteiger partial charge in [0.05, 0.1) is 19.4 Å². The molecule has 0 N–H and O–H groups in total. The second-order valence-corrected chi connectivity index (χ2v) is 7.95. The van der Waals surface area contributed by atoms with E-state index in [1.54, 1.807) is 18.1 Å². The molecule has 0 radical (unpaired) electrons. The first-order valence-corrected chi connectivity index (χ1v) is 10.9. The largest absolute Gasteiger partial charge is 0.497 e. The van der Waals surface area contributed by atoms with Crippen molar-refractivity contribution in [3.05, 3.63) is 89.9 Å². The number of furan rings is 1. The second-order valence-electron chi connectivity index (χ2n) is 7.95. The van der Waals surface area contributed by atoms with Crippen LogP contribution in [0.25, 0.3) is 0 Å². The molecule has 0 bridgehead atoms. The van der Waals surface area contributed by atoms with Gasteiger partial charge in [0.15, 0.2) is 5.82 Å². The Bertz CT molecular complexity index is 1150. The van der Waals surface area contributed by atoms with E-state index in [0.717, 1.165) is 54.8 Å². The van der Waals surface area contributed by atoms with E-state index in [0.29, 0.717) is 6.54 Å². The molecule has 9 heteroatoms. The van der Waals surface area contributed by atoms with Crippen LogP contribution in [-0.2, 0) is 6.54 Å². The Morgan fingerprint density at radius 2 is 1.76 bits per heavy atom. The number of rotatable bonds is 7. The van der Waals surface area contributed by atoms with E-state index < -0.39 is 0 Å². The molecule has 170 valence electrons. The highest BCUT2D eigenvalue weighted by Crippen LogP contribution is 2.30. The van der Waals surface area contributed by atoms with Crippen LogP contribution in [0.2, 0.25) is 0 Å². The molecule has 4 aromatic rings. The lowest BCUT2D eigenvalue weighted by Crippen LogP contribution is -2.48. The zero-order valence-corrected chi connectivity index (χ0v) is 18.3. The van der Waals surface area contributed by atoms with E-state index in [2.05, 4.69) is 37.5 Å². The monoisotopic (exact) mass is 448 g/mol. The third-order valence-corrected chi connectivity index (χ3v) is 5.99. The number of nitrogens with zero attached hydrogens (tertiary/aromatic N) is 6. The minimum Gasteiger partial charge on any atom is -0.497 e. The van der Waals surface area contributed by atoms with Gasteiger partial charge in [-0.05, 0) is 64.5 Å². The number of halogens is 1. The highest BCUT2D eigenvalue weighted by molar-refractivity contribution is 5.46. The standard InChI is InChI=1S/C24H25FN6O2/c1-32-21-10-4-18(5-11-21)23(24-26-27-28-31(24)17-22-3-2-16-33-22)30-14-12-29(13-15-30)20-8-6-19(25)7-9-20/h2-11,16,23H,12-15,17H2,1H3/t23-/m0/s1. The fourth-order valence-electron chi connectivity index (χ4n) is 4.27. The van der Waals surface area contributed by atoms with Gasteiger partial charge in [-0.2, -0.15) is 0 Å². The zero-order valence-electron chi connectivity index (χ0n) is 18.3. The van der Waals surface area contributed by atoms with E-state index >= 15 is 0 Å². The van der Waals surface area contributed by atoms with Crippen molar-refractivity contribution in [3.8, 4) is 5.75 Å². The Hall–Kier alpha value is -3.72. The van der Waals surface area contributed by atoms with Crippen molar-refractivity contribution in [1.82, 2.24) is 25.1 Å². The number of methoxy groups -OCH3 is 1. The molecule has 1 fully saturated rings. The summed E-state index contributed by atoms with van der Waals surface area (Å²) >= 11 is 0. The fourth-order valence-corrected chi connectivity index (χ4v) is 4.27. The minimum atomic E-state index is -0.222. The van der Waals surface area contributed by atoms with Crippen molar-refractivity contribution in [3.63, 3.8) is 0 Å². The van der Waals surface area contributed by atoms with Gasteiger partial charge < -0.3 is 14.1 Å². The molecular weight excluding hydrogens is 423 g/mol. The molecule has 33 heavy (non-hydrogen) atoms. The van der Waals surface area contributed by atoms with E-state index in [1.807, 2.05) is 36.4 Å². The second kappa shape index (κ2) is 9.41. The van der Waals surface area contributed by atoms with Crippen LogP contribution >= 0.6 is 0 Å². The number of aromatic nitrogens is 4. The number of tetrazole rings is 1. The molecule has 0 saturated carbocycles. The third-order valence-electron chi connectivity index (χ3n) is 5.99. The van der Waals surface area contributed by atoms with Crippen molar-refractivity contribution in [2.45, 2.75) is 12.6 Å². The highest BCUT2D eigenvalue weighted by Gasteiger charge is 2.31. The number of benzene rings is 2. The van der Waals surface area contributed by atoms with Crippen LogP contribution in [-0.4, -0.2) is 58.4 Å². The fraction of sp³-hybridized carbons (Fsp3) is 0.292. The topological polar surface area (TPSA) is 72.4 Å². The lowest BCUT2D eigenvalue weighted by molar-refractivity contribution is 0.200. The molecule has 8 nitrogen and oxygen atoms in total. The first-order valence-electron chi connectivity index (χ1n) is 10.9. The molecule has 0 aliphatic carbocycles. The summed E-state index contributed by atoms with van der Waals surface area (Å²) in [6.45, 7) is 3.71. The highest BCUT2D eigenvalue weighted by atomic mass is 19.1. The molecular formula is C24H25FN6O2. The van der Waals surface area contributed by atoms with E-state index in [1.165, 1.54) is 12.1 Å². The van der Waals surface area contributed by atoms with E-state index in [4.69, 9.17) is 9.15 Å². The Morgan fingerprint density at radius 3 is 2.42 bits per heavy atom. The number of hydrogen-bond acceptors (Lipinski definition) is 7. The molecule has 0 unspecified atom stereocenters. The van der Waals surface area contributed by atoms with Gasteiger partial charge in [-0.15, -0.1) is 5.10 Å². The third kappa shape index (κ3) is 4.58. The number of piperazine rings is 1. The summed E-state index contributed by atoms with van der Waals surface area (Å²) in [5.41, 5.74) is 2.11. The maximum atomic E-state index is 13.3. The zero-order chi connectivity index (χ0) is 22.6. The first-order chi connectivity index (χ1) is 16.2. The van der Waals surface area contributed by atoms with Gasteiger partial charge in [-0.1, -0.05) is 12.1 Å². The molecule has 3 heterocycles. The van der Waals surface area contributed by atoms with Gasteiger partial charge in [0.1, 0.15) is 23.9 Å². The summed E-state index contributed by atoms with van der Waals surface area (Å²) in [6, 6.07) is 18.3. The van der Waals surface area contributed by atoms with Crippen molar-refractivity contribution < 1.29 is 13.5 Å². The predicted molar refractivity (Wildman–Crippen MR) is 121 cm³/mol. The summed E-state index contributed by atoms with van der Waals surface area (Å²) in [6.07, 6.45) is 1.65. The van der Waals surface area contributed by atoms with E-state index in [9.17, 15) is 4.39 Å².